The van der Waals surface area contributed by atoms with Gasteiger partial charge in [0.25, 0.3) is 0 Å². The molecule has 1 aliphatic rings. The van der Waals surface area contributed by atoms with Crippen LogP contribution in [-0.2, 0) is 6.54 Å². The Balaban J connectivity index is 1.99. The monoisotopic (exact) mass is 264 g/mol. The highest BCUT2D eigenvalue weighted by molar-refractivity contribution is 5.40. The summed E-state index contributed by atoms with van der Waals surface area (Å²) >= 11 is 0. The van der Waals surface area contributed by atoms with E-state index in [0.29, 0.717) is 12.0 Å². The second kappa shape index (κ2) is 6.78. The molecule has 0 heterocycles. The minimum Gasteiger partial charge on any atom is -0.497 e. The number of nitrogens with two attached hydrogens (primary N) is 1. The number of hydrogen-bond acceptors (Lipinski definition) is 4. The molecule has 0 saturated heterocycles. The fourth-order valence-electron chi connectivity index (χ4n) is 2.83. The lowest BCUT2D eigenvalue weighted by atomic mass is 10.0. The Labute approximate surface area is 115 Å². The van der Waals surface area contributed by atoms with Crippen molar-refractivity contribution in [2.24, 2.45) is 11.7 Å². The predicted molar refractivity (Wildman–Crippen MR) is 76.6 cm³/mol. The van der Waals surface area contributed by atoms with Crippen LogP contribution in [0, 0.1) is 5.92 Å². The maximum atomic E-state index is 5.81. The average Bonchev–Trinajstić information content (AvgIpc) is 2.92. The lowest BCUT2D eigenvalue weighted by Gasteiger charge is -2.20. The SMILES string of the molecule is COc1ccc(CNC2CCCC2CN)c(OC)c1. The summed E-state index contributed by atoms with van der Waals surface area (Å²) in [5.41, 5.74) is 6.96. The van der Waals surface area contributed by atoms with Crippen molar-refractivity contribution >= 4 is 0 Å². The number of rotatable bonds is 6. The van der Waals surface area contributed by atoms with E-state index in [9.17, 15) is 0 Å². The van der Waals surface area contributed by atoms with Crippen LogP contribution in [0.15, 0.2) is 18.2 Å². The summed E-state index contributed by atoms with van der Waals surface area (Å²) in [6, 6.07) is 6.48. The molecule has 0 aromatic heterocycles. The topological polar surface area (TPSA) is 56.5 Å². The molecule has 19 heavy (non-hydrogen) atoms. The average molecular weight is 264 g/mol. The smallest absolute Gasteiger partial charge is 0.127 e. The van der Waals surface area contributed by atoms with E-state index < -0.39 is 0 Å². The molecule has 0 amide bonds. The van der Waals surface area contributed by atoms with Crippen molar-refractivity contribution < 1.29 is 9.47 Å². The maximum Gasteiger partial charge on any atom is 0.127 e. The molecule has 106 valence electrons. The van der Waals surface area contributed by atoms with Crippen molar-refractivity contribution in [3.63, 3.8) is 0 Å². The Morgan fingerprint density at radius 1 is 1.26 bits per heavy atom. The Kier molecular flexibility index (Phi) is 5.05. The molecule has 1 aliphatic carbocycles. The quantitative estimate of drug-likeness (QED) is 0.824. The van der Waals surface area contributed by atoms with Crippen molar-refractivity contribution in [3.05, 3.63) is 23.8 Å². The van der Waals surface area contributed by atoms with E-state index in [-0.39, 0.29) is 0 Å². The molecule has 1 saturated carbocycles. The van der Waals surface area contributed by atoms with Gasteiger partial charge >= 0.3 is 0 Å². The van der Waals surface area contributed by atoms with Gasteiger partial charge in [0.2, 0.25) is 0 Å². The minimum absolute atomic E-state index is 0.539. The molecule has 0 radical (unpaired) electrons. The van der Waals surface area contributed by atoms with Crippen LogP contribution in [-0.4, -0.2) is 26.8 Å². The molecular weight excluding hydrogens is 240 g/mol. The molecule has 2 rings (SSSR count). The first-order valence-electron chi connectivity index (χ1n) is 6.92. The highest BCUT2D eigenvalue weighted by Gasteiger charge is 2.25. The van der Waals surface area contributed by atoms with Gasteiger partial charge in [-0.05, 0) is 31.4 Å². The third-order valence-corrected chi connectivity index (χ3v) is 4.01. The lowest BCUT2D eigenvalue weighted by Crippen LogP contribution is -2.35. The van der Waals surface area contributed by atoms with Crippen molar-refractivity contribution in [1.29, 1.82) is 0 Å². The van der Waals surface area contributed by atoms with Crippen LogP contribution in [0.2, 0.25) is 0 Å². The molecule has 4 nitrogen and oxygen atoms in total. The third-order valence-electron chi connectivity index (χ3n) is 4.01. The van der Waals surface area contributed by atoms with Gasteiger partial charge in [-0.1, -0.05) is 12.5 Å². The van der Waals surface area contributed by atoms with Gasteiger partial charge in [-0.2, -0.15) is 0 Å². The van der Waals surface area contributed by atoms with E-state index in [1.807, 2.05) is 12.1 Å². The summed E-state index contributed by atoms with van der Waals surface area (Å²) in [4.78, 5) is 0. The Morgan fingerprint density at radius 3 is 2.79 bits per heavy atom. The number of nitrogens with one attached hydrogen (secondary N) is 1. The summed E-state index contributed by atoms with van der Waals surface area (Å²) < 4.78 is 10.6. The van der Waals surface area contributed by atoms with Gasteiger partial charge in [0.05, 0.1) is 14.2 Å². The molecule has 2 unspecified atom stereocenters. The van der Waals surface area contributed by atoms with E-state index in [4.69, 9.17) is 15.2 Å². The van der Waals surface area contributed by atoms with Gasteiger partial charge in [-0.15, -0.1) is 0 Å². The fourth-order valence-corrected chi connectivity index (χ4v) is 2.83. The van der Waals surface area contributed by atoms with Gasteiger partial charge in [-0.25, -0.2) is 0 Å². The zero-order valence-electron chi connectivity index (χ0n) is 11.8. The van der Waals surface area contributed by atoms with Crippen LogP contribution < -0.4 is 20.5 Å². The Morgan fingerprint density at radius 2 is 2.11 bits per heavy atom. The van der Waals surface area contributed by atoms with Gasteiger partial charge in [0, 0.05) is 24.2 Å². The van der Waals surface area contributed by atoms with Crippen molar-refractivity contribution in [3.8, 4) is 11.5 Å². The van der Waals surface area contributed by atoms with E-state index in [2.05, 4.69) is 11.4 Å². The zero-order valence-corrected chi connectivity index (χ0v) is 11.8. The first-order valence-corrected chi connectivity index (χ1v) is 6.92. The molecule has 2 atom stereocenters. The number of benzene rings is 1. The van der Waals surface area contributed by atoms with Crippen molar-refractivity contribution in [1.82, 2.24) is 5.32 Å². The van der Waals surface area contributed by atoms with E-state index in [0.717, 1.165) is 30.2 Å². The Hall–Kier alpha value is -1.26. The molecule has 0 aliphatic heterocycles. The lowest BCUT2D eigenvalue weighted by molar-refractivity contribution is 0.379. The van der Waals surface area contributed by atoms with Gasteiger partial charge in [0.1, 0.15) is 11.5 Å². The molecular formula is C15H24N2O2. The first-order chi connectivity index (χ1) is 9.28. The summed E-state index contributed by atoms with van der Waals surface area (Å²) in [5.74, 6) is 2.31. The minimum atomic E-state index is 0.539. The second-order valence-corrected chi connectivity index (χ2v) is 5.09. The first kappa shape index (κ1) is 14.2. The van der Waals surface area contributed by atoms with Crippen molar-refractivity contribution in [2.45, 2.75) is 31.8 Å². The second-order valence-electron chi connectivity index (χ2n) is 5.09. The summed E-state index contributed by atoms with van der Waals surface area (Å²) in [6.45, 7) is 1.59. The van der Waals surface area contributed by atoms with Gasteiger partial charge in [0.15, 0.2) is 0 Å². The largest absolute Gasteiger partial charge is 0.497 e. The normalized spacial score (nSPS) is 22.5. The molecule has 0 spiro atoms. The molecule has 1 aromatic rings. The maximum absolute atomic E-state index is 5.81. The highest BCUT2D eigenvalue weighted by Crippen LogP contribution is 2.27. The van der Waals surface area contributed by atoms with E-state index in [1.165, 1.54) is 19.3 Å². The molecule has 1 fully saturated rings. The fraction of sp³-hybridized carbons (Fsp3) is 0.600. The zero-order chi connectivity index (χ0) is 13.7. The Bertz CT molecular complexity index is 409. The predicted octanol–water partition coefficient (Wildman–Crippen LogP) is 1.92. The molecule has 3 N–H and O–H groups in total. The highest BCUT2D eigenvalue weighted by atomic mass is 16.5. The molecule has 1 aromatic carbocycles. The number of ether oxygens (including phenoxy) is 2. The summed E-state index contributed by atoms with van der Waals surface area (Å²) in [6.07, 6.45) is 3.74. The summed E-state index contributed by atoms with van der Waals surface area (Å²) in [5, 5.41) is 3.61. The third kappa shape index (κ3) is 3.39. The summed E-state index contributed by atoms with van der Waals surface area (Å²) in [7, 11) is 3.35. The van der Waals surface area contributed by atoms with E-state index in [1.54, 1.807) is 14.2 Å². The van der Waals surface area contributed by atoms with Crippen LogP contribution >= 0.6 is 0 Å². The van der Waals surface area contributed by atoms with Crippen LogP contribution in [0.4, 0.5) is 0 Å². The standard InChI is InChI=1S/C15H24N2O2/c1-18-13-7-6-12(15(8-13)19-2)10-17-14-5-3-4-11(14)9-16/h6-8,11,14,17H,3-5,9-10,16H2,1-2H3. The number of hydrogen-bond donors (Lipinski definition) is 2. The van der Waals surface area contributed by atoms with Gasteiger partial charge < -0.3 is 20.5 Å². The van der Waals surface area contributed by atoms with Crippen molar-refractivity contribution in [2.75, 3.05) is 20.8 Å². The van der Waals surface area contributed by atoms with Crippen LogP contribution in [0.1, 0.15) is 24.8 Å². The molecule has 4 heteroatoms. The molecule has 0 bridgehead atoms. The van der Waals surface area contributed by atoms with E-state index >= 15 is 0 Å². The number of methoxy groups -OCH3 is 2. The van der Waals surface area contributed by atoms with Crippen LogP contribution in [0.3, 0.4) is 0 Å². The van der Waals surface area contributed by atoms with Crippen LogP contribution in [0.25, 0.3) is 0 Å². The van der Waals surface area contributed by atoms with Crippen LogP contribution in [0.5, 0.6) is 11.5 Å². The van der Waals surface area contributed by atoms with Gasteiger partial charge in [-0.3, -0.25) is 0 Å².